The van der Waals surface area contributed by atoms with Crippen molar-refractivity contribution >= 4 is 11.7 Å². The number of aliphatic carboxylic acids is 1. The van der Waals surface area contributed by atoms with E-state index in [2.05, 4.69) is 17.0 Å². The van der Waals surface area contributed by atoms with E-state index in [1.807, 2.05) is 48.5 Å². The molecule has 6 heteroatoms. The molecular formula is C25H27NO5. The standard InChI is InChI=1S/C25H27NO5/c1-2-29-24(25(27)28)17-18-11-13-19(14-12-18)30-16-15-26-20-7-3-5-9-22(20)31-23-10-6-4-8-21(23)26/h3,5-7,9-14,24H,2,4,8,15-17H2,1H3,(H,27,28)/t24-/m0/s1. The van der Waals surface area contributed by atoms with Crippen LogP contribution in [-0.2, 0) is 16.0 Å². The van der Waals surface area contributed by atoms with Crippen LogP contribution in [0.3, 0.4) is 0 Å². The Balaban J connectivity index is 1.38. The Bertz CT molecular complexity index is 980. The molecular weight excluding hydrogens is 394 g/mol. The van der Waals surface area contributed by atoms with Gasteiger partial charge in [0.2, 0.25) is 0 Å². The third kappa shape index (κ3) is 4.91. The van der Waals surface area contributed by atoms with Crippen LogP contribution in [0.5, 0.6) is 11.5 Å². The van der Waals surface area contributed by atoms with Gasteiger partial charge < -0.3 is 24.2 Å². The van der Waals surface area contributed by atoms with Crippen molar-refractivity contribution < 1.29 is 24.1 Å². The van der Waals surface area contributed by atoms with Gasteiger partial charge in [0.05, 0.1) is 17.9 Å². The topological polar surface area (TPSA) is 68.2 Å². The molecule has 0 fully saturated rings. The number of allylic oxidation sites excluding steroid dienone is 3. The van der Waals surface area contributed by atoms with Crippen LogP contribution < -0.4 is 14.4 Å². The van der Waals surface area contributed by atoms with Gasteiger partial charge in [0.15, 0.2) is 11.9 Å². The van der Waals surface area contributed by atoms with Crippen molar-refractivity contribution in [3.63, 3.8) is 0 Å². The summed E-state index contributed by atoms with van der Waals surface area (Å²) in [6, 6.07) is 15.6. The van der Waals surface area contributed by atoms with Crippen molar-refractivity contribution in [3.05, 3.63) is 77.7 Å². The summed E-state index contributed by atoms with van der Waals surface area (Å²) in [6.45, 7) is 3.39. The molecule has 0 unspecified atom stereocenters. The summed E-state index contributed by atoms with van der Waals surface area (Å²) in [5.74, 6) is 1.58. The Kier molecular flexibility index (Phi) is 6.57. The van der Waals surface area contributed by atoms with E-state index < -0.39 is 12.1 Å². The smallest absolute Gasteiger partial charge is 0.333 e. The van der Waals surface area contributed by atoms with Gasteiger partial charge in [-0.3, -0.25) is 0 Å². The molecule has 31 heavy (non-hydrogen) atoms. The second kappa shape index (κ2) is 9.71. The Hall–Kier alpha value is -3.25. The number of anilines is 1. The maximum Gasteiger partial charge on any atom is 0.333 e. The quantitative estimate of drug-likeness (QED) is 0.640. The molecule has 1 aliphatic heterocycles. The first kappa shape index (κ1) is 21.0. The summed E-state index contributed by atoms with van der Waals surface area (Å²) >= 11 is 0. The lowest BCUT2D eigenvalue weighted by Crippen LogP contribution is -2.33. The maximum absolute atomic E-state index is 11.3. The fourth-order valence-electron chi connectivity index (χ4n) is 3.89. The largest absolute Gasteiger partial charge is 0.492 e. The summed E-state index contributed by atoms with van der Waals surface area (Å²) < 4.78 is 17.3. The van der Waals surface area contributed by atoms with E-state index in [-0.39, 0.29) is 0 Å². The number of hydrogen-bond acceptors (Lipinski definition) is 5. The van der Waals surface area contributed by atoms with E-state index in [4.69, 9.17) is 14.2 Å². The van der Waals surface area contributed by atoms with Gasteiger partial charge in [0, 0.05) is 13.0 Å². The number of fused-ring (bicyclic) bond motifs is 1. The van der Waals surface area contributed by atoms with Crippen LogP contribution in [-0.4, -0.2) is 36.9 Å². The van der Waals surface area contributed by atoms with Gasteiger partial charge in [-0.05, 0) is 55.7 Å². The zero-order valence-corrected chi connectivity index (χ0v) is 17.6. The van der Waals surface area contributed by atoms with Crippen molar-refractivity contribution in [2.45, 2.75) is 32.3 Å². The SMILES string of the molecule is CCO[C@@H](Cc1ccc(OCCN2C3=C(C=CCC3)Oc3ccccc32)cc1)C(=O)O. The highest BCUT2D eigenvalue weighted by Crippen LogP contribution is 2.40. The number of hydrogen-bond donors (Lipinski definition) is 1. The minimum absolute atomic E-state index is 0.332. The molecule has 0 radical (unpaired) electrons. The van der Waals surface area contributed by atoms with Crippen LogP contribution in [0.25, 0.3) is 0 Å². The van der Waals surface area contributed by atoms with Crippen LogP contribution in [0.15, 0.2) is 72.1 Å². The summed E-state index contributed by atoms with van der Waals surface area (Å²) in [4.78, 5) is 13.6. The lowest BCUT2D eigenvalue weighted by Gasteiger charge is -2.35. The van der Waals surface area contributed by atoms with E-state index in [1.54, 1.807) is 6.92 Å². The van der Waals surface area contributed by atoms with Crippen LogP contribution >= 0.6 is 0 Å². The first-order chi connectivity index (χ1) is 15.2. The van der Waals surface area contributed by atoms with Crippen LogP contribution in [0.4, 0.5) is 5.69 Å². The van der Waals surface area contributed by atoms with Gasteiger partial charge in [0.25, 0.3) is 0 Å². The molecule has 1 atom stereocenters. The number of carboxylic acids is 1. The second-order valence-electron chi connectivity index (χ2n) is 7.45. The summed E-state index contributed by atoms with van der Waals surface area (Å²) in [5, 5.41) is 9.24. The van der Waals surface area contributed by atoms with Crippen molar-refractivity contribution in [3.8, 4) is 11.5 Å². The minimum atomic E-state index is -0.945. The summed E-state index contributed by atoms with van der Waals surface area (Å²) in [5.41, 5.74) is 3.15. The Morgan fingerprint density at radius 2 is 2.00 bits per heavy atom. The number of ether oxygens (including phenoxy) is 3. The lowest BCUT2D eigenvalue weighted by molar-refractivity contribution is -0.149. The number of rotatable bonds is 9. The van der Waals surface area contributed by atoms with E-state index in [0.29, 0.717) is 26.2 Å². The summed E-state index contributed by atoms with van der Waals surface area (Å²) in [7, 11) is 0. The maximum atomic E-state index is 11.3. The predicted octanol–water partition coefficient (Wildman–Crippen LogP) is 4.56. The molecule has 0 bridgehead atoms. The molecule has 2 aromatic carbocycles. The molecule has 4 rings (SSSR count). The third-order valence-corrected chi connectivity index (χ3v) is 5.37. The number of benzene rings is 2. The van der Waals surface area contributed by atoms with E-state index >= 15 is 0 Å². The van der Waals surface area contributed by atoms with Crippen LogP contribution in [0.2, 0.25) is 0 Å². The van der Waals surface area contributed by atoms with Crippen molar-refractivity contribution in [2.75, 3.05) is 24.7 Å². The van der Waals surface area contributed by atoms with Gasteiger partial charge in [-0.2, -0.15) is 0 Å². The van der Waals surface area contributed by atoms with Crippen LogP contribution in [0, 0.1) is 0 Å². The minimum Gasteiger partial charge on any atom is -0.492 e. The molecule has 162 valence electrons. The van der Waals surface area contributed by atoms with Gasteiger partial charge in [0.1, 0.15) is 18.1 Å². The van der Waals surface area contributed by atoms with E-state index in [9.17, 15) is 9.90 Å². The highest BCUT2D eigenvalue weighted by atomic mass is 16.5. The predicted molar refractivity (Wildman–Crippen MR) is 119 cm³/mol. The number of carboxylic acid groups (broad SMARTS) is 1. The fourth-order valence-corrected chi connectivity index (χ4v) is 3.89. The first-order valence-corrected chi connectivity index (χ1v) is 10.7. The Morgan fingerprint density at radius 3 is 2.77 bits per heavy atom. The van der Waals surface area contributed by atoms with Crippen LogP contribution in [0.1, 0.15) is 25.3 Å². The number of para-hydroxylation sites is 2. The van der Waals surface area contributed by atoms with Crippen molar-refractivity contribution in [2.24, 2.45) is 0 Å². The molecule has 6 nitrogen and oxygen atoms in total. The average Bonchev–Trinajstić information content (AvgIpc) is 2.79. The second-order valence-corrected chi connectivity index (χ2v) is 7.45. The van der Waals surface area contributed by atoms with Gasteiger partial charge in [-0.1, -0.05) is 30.3 Å². The van der Waals surface area contributed by atoms with Crippen molar-refractivity contribution in [1.82, 2.24) is 0 Å². The molecule has 0 amide bonds. The average molecular weight is 421 g/mol. The third-order valence-electron chi connectivity index (χ3n) is 5.37. The Morgan fingerprint density at radius 1 is 1.19 bits per heavy atom. The highest BCUT2D eigenvalue weighted by molar-refractivity contribution is 5.72. The molecule has 0 aromatic heterocycles. The van der Waals surface area contributed by atoms with Gasteiger partial charge in [-0.25, -0.2) is 4.79 Å². The number of nitrogens with zero attached hydrogens (tertiary/aromatic N) is 1. The monoisotopic (exact) mass is 421 g/mol. The normalized spacial score (nSPS) is 15.7. The molecule has 1 aliphatic carbocycles. The molecule has 2 aliphatic rings. The zero-order valence-electron chi connectivity index (χ0n) is 17.6. The van der Waals surface area contributed by atoms with Gasteiger partial charge in [-0.15, -0.1) is 0 Å². The zero-order chi connectivity index (χ0) is 21.6. The molecule has 1 N–H and O–H groups in total. The number of carbonyl (C=O) groups is 1. The van der Waals surface area contributed by atoms with Gasteiger partial charge >= 0.3 is 5.97 Å². The molecule has 1 heterocycles. The molecule has 2 aromatic rings. The fraction of sp³-hybridized carbons (Fsp3) is 0.320. The van der Waals surface area contributed by atoms with Crippen molar-refractivity contribution in [1.29, 1.82) is 0 Å². The lowest BCUT2D eigenvalue weighted by atomic mass is 10.1. The molecule has 0 saturated heterocycles. The Labute approximate surface area is 182 Å². The molecule has 0 spiro atoms. The summed E-state index contributed by atoms with van der Waals surface area (Å²) in [6.07, 6.45) is 5.64. The molecule has 0 saturated carbocycles. The van der Waals surface area contributed by atoms with E-state index in [0.717, 1.165) is 41.4 Å². The highest BCUT2D eigenvalue weighted by Gasteiger charge is 2.26. The van der Waals surface area contributed by atoms with E-state index in [1.165, 1.54) is 5.70 Å². The first-order valence-electron chi connectivity index (χ1n) is 10.7.